The molecule has 1 aromatic carbocycles. The van der Waals surface area contributed by atoms with Gasteiger partial charge in [0.1, 0.15) is 0 Å². The SMILES string of the molecule is Cc1cc(C)c(CCNC(=O)CN2CCCC(C)(CO)C2)c(C)c1. The lowest BCUT2D eigenvalue weighted by molar-refractivity contribution is -0.123. The van der Waals surface area contributed by atoms with Crippen molar-refractivity contribution in [1.29, 1.82) is 0 Å². The van der Waals surface area contributed by atoms with Gasteiger partial charge in [0.15, 0.2) is 0 Å². The lowest BCUT2D eigenvalue weighted by Gasteiger charge is -2.38. The van der Waals surface area contributed by atoms with Gasteiger partial charge in [0, 0.05) is 25.1 Å². The van der Waals surface area contributed by atoms with Crippen LogP contribution >= 0.6 is 0 Å². The van der Waals surface area contributed by atoms with E-state index in [1.807, 2.05) is 0 Å². The van der Waals surface area contributed by atoms with Crippen LogP contribution in [0.1, 0.15) is 42.0 Å². The van der Waals surface area contributed by atoms with E-state index in [4.69, 9.17) is 0 Å². The summed E-state index contributed by atoms with van der Waals surface area (Å²) in [7, 11) is 0. The summed E-state index contributed by atoms with van der Waals surface area (Å²) >= 11 is 0. The zero-order valence-electron chi connectivity index (χ0n) is 15.6. The number of aliphatic hydroxyl groups excluding tert-OH is 1. The van der Waals surface area contributed by atoms with Gasteiger partial charge in [-0.2, -0.15) is 0 Å². The van der Waals surface area contributed by atoms with E-state index >= 15 is 0 Å². The third-order valence-electron chi connectivity index (χ3n) is 5.15. The van der Waals surface area contributed by atoms with Crippen molar-refractivity contribution in [2.75, 3.05) is 32.8 Å². The van der Waals surface area contributed by atoms with E-state index in [0.29, 0.717) is 13.1 Å². The molecule has 1 unspecified atom stereocenters. The molecule has 4 nitrogen and oxygen atoms in total. The van der Waals surface area contributed by atoms with Crippen LogP contribution < -0.4 is 5.32 Å². The van der Waals surface area contributed by atoms with Gasteiger partial charge in [-0.3, -0.25) is 9.69 Å². The summed E-state index contributed by atoms with van der Waals surface area (Å²) in [6.07, 6.45) is 2.96. The van der Waals surface area contributed by atoms with Crippen LogP contribution in [-0.2, 0) is 11.2 Å². The maximum absolute atomic E-state index is 12.2. The molecule has 0 spiro atoms. The highest BCUT2D eigenvalue weighted by Crippen LogP contribution is 2.28. The van der Waals surface area contributed by atoms with Crippen LogP contribution in [0.2, 0.25) is 0 Å². The third-order valence-corrected chi connectivity index (χ3v) is 5.15. The van der Waals surface area contributed by atoms with Crippen LogP contribution in [0.25, 0.3) is 0 Å². The van der Waals surface area contributed by atoms with Crippen molar-refractivity contribution < 1.29 is 9.90 Å². The Balaban J connectivity index is 1.80. The number of carbonyl (C=O) groups is 1. The molecule has 1 amide bonds. The van der Waals surface area contributed by atoms with Crippen LogP contribution in [0, 0.1) is 26.2 Å². The minimum absolute atomic E-state index is 0.0609. The summed E-state index contributed by atoms with van der Waals surface area (Å²) in [5.41, 5.74) is 5.17. The van der Waals surface area contributed by atoms with Crippen LogP contribution in [0.5, 0.6) is 0 Å². The Bertz CT molecular complexity index is 562. The number of rotatable bonds is 6. The molecule has 1 atom stereocenters. The molecule has 0 aliphatic carbocycles. The first-order valence-corrected chi connectivity index (χ1v) is 9.00. The Morgan fingerprint density at radius 1 is 1.29 bits per heavy atom. The van der Waals surface area contributed by atoms with Crippen molar-refractivity contribution >= 4 is 5.91 Å². The van der Waals surface area contributed by atoms with Crippen LogP contribution in [0.4, 0.5) is 0 Å². The summed E-state index contributed by atoms with van der Waals surface area (Å²) < 4.78 is 0. The Morgan fingerprint density at radius 2 is 1.96 bits per heavy atom. The average Bonchev–Trinajstić information content (AvgIpc) is 2.50. The zero-order valence-corrected chi connectivity index (χ0v) is 15.6. The van der Waals surface area contributed by atoms with Gasteiger partial charge in [0.2, 0.25) is 5.91 Å². The van der Waals surface area contributed by atoms with Crippen molar-refractivity contribution in [3.05, 3.63) is 34.4 Å². The monoisotopic (exact) mass is 332 g/mol. The number of hydrogen-bond donors (Lipinski definition) is 2. The summed E-state index contributed by atoms with van der Waals surface area (Å²) in [5.74, 6) is 0.0830. The van der Waals surface area contributed by atoms with Crippen molar-refractivity contribution in [1.82, 2.24) is 10.2 Å². The number of carbonyl (C=O) groups excluding carboxylic acids is 1. The number of nitrogens with zero attached hydrogens (tertiary/aromatic N) is 1. The normalized spacial score (nSPS) is 21.7. The minimum Gasteiger partial charge on any atom is -0.396 e. The molecule has 1 fully saturated rings. The first kappa shape index (κ1) is 18.9. The molecule has 0 saturated carbocycles. The molecular weight excluding hydrogens is 300 g/mol. The Hall–Kier alpha value is -1.39. The molecule has 0 radical (unpaired) electrons. The molecule has 0 aromatic heterocycles. The fraction of sp³-hybridized carbons (Fsp3) is 0.650. The fourth-order valence-corrected chi connectivity index (χ4v) is 3.88. The van der Waals surface area contributed by atoms with E-state index in [1.165, 1.54) is 22.3 Å². The van der Waals surface area contributed by atoms with Crippen molar-refractivity contribution in [2.45, 2.75) is 47.0 Å². The minimum atomic E-state index is -0.0609. The largest absolute Gasteiger partial charge is 0.396 e. The van der Waals surface area contributed by atoms with Gasteiger partial charge < -0.3 is 10.4 Å². The Kier molecular flexibility index (Phi) is 6.41. The second kappa shape index (κ2) is 8.13. The predicted molar refractivity (Wildman–Crippen MR) is 98.2 cm³/mol. The zero-order chi connectivity index (χ0) is 17.7. The maximum atomic E-state index is 12.2. The first-order valence-electron chi connectivity index (χ1n) is 9.00. The highest BCUT2D eigenvalue weighted by atomic mass is 16.3. The van der Waals surface area contributed by atoms with E-state index < -0.39 is 0 Å². The summed E-state index contributed by atoms with van der Waals surface area (Å²) in [5, 5.41) is 12.6. The second-order valence-electron chi connectivity index (χ2n) is 7.76. The van der Waals surface area contributed by atoms with Crippen LogP contribution in [0.3, 0.4) is 0 Å². The molecule has 24 heavy (non-hydrogen) atoms. The lowest BCUT2D eigenvalue weighted by atomic mass is 9.83. The summed E-state index contributed by atoms with van der Waals surface area (Å²) in [6, 6.07) is 4.40. The molecular formula is C20H32N2O2. The molecule has 2 rings (SSSR count). The molecule has 1 heterocycles. The Labute approximate surface area is 146 Å². The van der Waals surface area contributed by atoms with Crippen molar-refractivity contribution in [2.24, 2.45) is 5.41 Å². The quantitative estimate of drug-likeness (QED) is 0.841. The number of nitrogens with one attached hydrogen (secondary N) is 1. The lowest BCUT2D eigenvalue weighted by Crippen LogP contribution is -2.47. The van der Waals surface area contributed by atoms with Gasteiger partial charge in [-0.1, -0.05) is 24.6 Å². The van der Waals surface area contributed by atoms with E-state index in [1.54, 1.807) is 0 Å². The molecule has 1 aromatic rings. The summed E-state index contributed by atoms with van der Waals surface area (Å²) in [6.45, 7) is 11.5. The first-order chi connectivity index (χ1) is 11.3. The van der Waals surface area contributed by atoms with Gasteiger partial charge in [0.05, 0.1) is 6.54 Å². The van der Waals surface area contributed by atoms with Gasteiger partial charge >= 0.3 is 0 Å². The van der Waals surface area contributed by atoms with Gasteiger partial charge in [-0.25, -0.2) is 0 Å². The van der Waals surface area contributed by atoms with Gasteiger partial charge in [-0.15, -0.1) is 0 Å². The van der Waals surface area contributed by atoms with Crippen molar-refractivity contribution in [3.63, 3.8) is 0 Å². The number of likely N-dealkylation sites (tertiary alicyclic amines) is 1. The highest BCUT2D eigenvalue weighted by molar-refractivity contribution is 5.78. The average molecular weight is 332 g/mol. The van der Waals surface area contributed by atoms with E-state index in [0.717, 1.165) is 32.4 Å². The van der Waals surface area contributed by atoms with Crippen molar-refractivity contribution in [3.8, 4) is 0 Å². The molecule has 4 heteroatoms. The van der Waals surface area contributed by atoms with Crippen LogP contribution in [-0.4, -0.2) is 48.7 Å². The topological polar surface area (TPSA) is 52.6 Å². The van der Waals surface area contributed by atoms with Gasteiger partial charge in [0.25, 0.3) is 0 Å². The summed E-state index contributed by atoms with van der Waals surface area (Å²) in [4.78, 5) is 14.4. The molecule has 134 valence electrons. The number of aliphatic hydroxyl groups is 1. The van der Waals surface area contributed by atoms with E-state index in [2.05, 4.69) is 50.0 Å². The van der Waals surface area contributed by atoms with Gasteiger partial charge in [-0.05, 0) is 63.3 Å². The predicted octanol–water partition coefficient (Wildman–Crippen LogP) is 2.36. The number of piperidine rings is 1. The molecule has 1 aliphatic rings. The Morgan fingerprint density at radius 3 is 2.58 bits per heavy atom. The van der Waals surface area contributed by atoms with Crippen LogP contribution in [0.15, 0.2) is 12.1 Å². The standard InChI is InChI=1S/C20H32N2O2/c1-15-10-16(2)18(17(3)11-15)6-8-21-19(24)12-22-9-5-7-20(4,13-22)14-23/h10-11,23H,5-9,12-14H2,1-4H3,(H,21,24). The molecule has 0 bridgehead atoms. The second-order valence-corrected chi connectivity index (χ2v) is 7.76. The number of amides is 1. The maximum Gasteiger partial charge on any atom is 0.234 e. The number of benzene rings is 1. The smallest absolute Gasteiger partial charge is 0.234 e. The fourth-order valence-electron chi connectivity index (χ4n) is 3.88. The highest BCUT2D eigenvalue weighted by Gasteiger charge is 2.30. The van der Waals surface area contributed by atoms with E-state index in [-0.39, 0.29) is 17.9 Å². The third kappa shape index (κ3) is 5.05. The van der Waals surface area contributed by atoms with E-state index in [9.17, 15) is 9.90 Å². The molecule has 1 saturated heterocycles. The molecule has 2 N–H and O–H groups in total. The number of hydrogen-bond acceptors (Lipinski definition) is 3. The molecule has 1 aliphatic heterocycles. The number of aryl methyl sites for hydroxylation is 3.